The Morgan fingerprint density at radius 2 is 1.79 bits per heavy atom. The van der Waals surface area contributed by atoms with Crippen LogP contribution in [0, 0.1) is 11.6 Å². The number of rotatable bonds is 5. The van der Waals surface area contributed by atoms with Crippen molar-refractivity contribution < 1.29 is 34.0 Å². The molecule has 1 aromatic heterocycles. The van der Waals surface area contributed by atoms with E-state index in [1.807, 2.05) is 0 Å². The number of nitrogens with one attached hydrogen (secondary N) is 1. The molecule has 1 saturated carbocycles. The molecule has 0 atom stereocenters. The number of halogens is 2. The summed E-state index contributed by atoms with van der Waals surface area (Å²) in [6, 6.07) is 2.88. The van der Waals surface area contributed by atoms with Gasteiger partial charge in [0.05, 0.1) is 38.4 Å². The monoisotopic (exact) mass is 477 g/mol. The summed E-state index contributed by atoms with van der Waals surface area (Å²) < 4.78 is 45.5. The number of alkyl carbamates (subject to hydrolysis) is 1. The van der Waals surface area contributed by atoms with Gasteiger partial charge in [-0.15, -0.1) is 0 Å². The zero-order chi connectivity index (χ0) is 24.8. The standard InChI is InChI=1S/C24H27F2N3O5.H2/c1-23(2,3)34-22(31)28-11-14-8-15-13(10-27-14)12-29(21(30)24(15)6-7-24)20-18(25)16(32-4)9-17(33-5)19(20)26;/h8-10H,6-7,11-12H2,1-5H3,(H,28,31);1H. The van der Waals surface area contributed by atoms with E-state index in [1.54, 1.807) is 33.0 Å². The van der Waals surface area contributed by atoms with Crippen molar-refractivity contribution in [2.24, 2.45) is 0 Å². The summed E-state index contributed by atoms with van der Waals surface area (Å²) in [5.41, 5.74) is -0.0217. The van der Waals surface area contributed by atoms with Crippen LogP contribution in [0.4, 0.5) is 19.3 Å². The maximum absolute atomic E-state index is 15.1. The molecule has 1 aliphatic heterocycles. The number of ether oxygens (including phenoxy) is 3. The fourth-order valence-electron chi connectivity index (χ4n) is 4.19. The van der Waals surface area contributed by atoms with Gasteiger partial charge in [0.15, 0.2) is 23.1 Å². The van der Waals surface area contributed by atoms with Gasteiger partial charge in [-0.1, -0.05) is 0 Å². The molecule has 0 unspecified atom stereocenters. The van der Waals surface area contributed by atoms with Crippen LogP contribution < -0.4 is 19.7 Å². The Bertz CT molecular complexity index is 1140. The van der Waals surface area contributed by atoms with E-state index in [0.29, 0.717) is 24.1 Å². The Hall–Kier alpha value is -3.43. The van der Waals surface area contributed by atoms with Gasteiger partial charge in [-0.2, -0.15) is 0 Å². The third-order valence-corrected chi connectivity index (χ3v) is 5.92. The molecule has 1 fully saturated rings. The lowest BCUT2D eigenvalue weighted by atomic mass is 9.86. The molecule has 2 aromatic rings. The minimum atomic E-state index is -0.973. The number of nitrogens with zero attached hydrogens (tertiary/aromatic N) is 2. The predicted octanol–water partition coefficient (Wildman–Crippen LogP) is 4.23. The van der Waals surface area contributed by atoms with Crippen molar-refractivity contribution in [1.82, 2.24) is 10.3 Å². The van der Waals surface area contributed by atoms with E-state index in [9.17, 15) is 9.59 Å². The minimum Gasteiger partial charge on any atom is -0.493 e. The first-order chi connectivity index (χ1) is 16.0. The lowest BCUT2D eigenvalue weighted by Gasteiger charge is -2.35. The molecule has 4 rings (SSSR count). The molecule has 1 aliphatic carbocycles. The smallest absolute Gasteiger partial charge is 0.407 e. The van der Waals surface area contributed by atoms with Crippen LogP contribution in [0.25, 0.3) is 0 Å². The van der Waals surface area contributed by atoms with E-state index in [0.717, 1.165) is 16.5 Å². The number of pyridine rings is 1. The first-order valence-corrected chi connectivity index (χ1v) is 10.9. The molecule has 10 heteroatoms. The minimum absolute atomic E-state index is 0. The van der Waals surface area contributed by atoms with Crippen molar-refractivity contribution in [1.29, 1.82) is 0 Å². The van der Waals surface area contributed by atoms with Crippen LogP contribution in [0.2, 0.25) is 0 Å². The van der Waals surface area contributed by atoms with E-state index >= 15 is 8.78 Å². The van der Waals surface area contributed by atoms with Crippen molar-refractivity contribution in [3.05, 3.63) is 46.8 Å². The van der Waals surface area contributed by atoms with Crippen LogP contribution in [0.5, 0.6) is 11.5 Å². The summed E-state index contributed by atoms with van der Waals surface area (Å²) in [4.78, 5) is 31.0. The molecule has 34 heavy (non-hydrogen) atoms. The number of methoxy groups -OCH3 is 2. The molecule has 0 saturated heterocycles. The number of hydrogen-bond acceptors (Lipinski definition) is 6. The van der Waals surface area contributed by atoms with Crippen molar-refractivity contribution >= 4 is 17.7 Å². The first-order valence-electron chi connectivity index (χ1n) is 10.9. The number of aromatic nitrogens is 1. The number of benzene rings is 1. The molecular weight excluding hydrogens is 448 g/mol. The second kappa shape index (κ2) is 8.41. The van der Waals surface area contributed by atoms with Gasteiger partial charge < -0.3 is 24.4 Å². The van der Waals surface area contributed by atoms with Crippen LogP contribution in [-0.2, 0) is 28.0 Å². The third-order valence-electron chi connectivity index (χ3n) is 5.92. The fourth-order valence-corrected chi connectivity index (χ4v) is 4.19. The van der Waals surface area contributed by atoms with Crippen molar-refractivity contribution in [2.75, 3.05) is 19.1 Å². The summed E-state index contributed by atoms with van der Waals surface area (Å²) in [6.07, 6.45) is 2.09. The van der Waals surface area contributed by atoms with Crippen molar-refractivity contribution in [2.45, 2.75) is 57.7 Å². The Morgan fingerprint density at radius 3 is 2.32 bits per heavy atom. The summed E-state index contributed by atoms with van der Waals surface area (Å²) >= 11 is 0. The Kier molecular flexibility index (Phi) is 5.87. The normalized spacial score (nSPS) is 16.2. The molecule has 184 valence electrons. The van der Waals surface area contributed by atoms with Gasteiger partial charge >= 0.3 is 6.09 Å². The molecule has 1 aromatic carbocycles. The maximum atomic E-state index is 15.1. The van der Waals surface area contributed by atoms with Gasteiger partial charge in [-0.25, -0.2) is 13.6 Å². The van der Waals surface area contributed by atoms with E-state index in [1.165, 1.54) is 14.2 Å². The Labute approximate surface area is 197 Å². The first kappa shape index (κ1) is 23.7. The molecule has 8 nitrogen and oxygen atoms in total. The molecule has 0 bridgehead atoms. The average molecular weight is 478 g/mol. The Morgan fingerprint density at radius 1 is 1.18 bits per heavy atom. The van der Waals surface area contributed by atoms with Gasteiger partial charge in [0, 0.05) is 13.7 Å². The van der Waals surface area contributed by atoms with Crippen molar-refractivity contribution in [3.63, 3.8) is 0 Å². The van der Waals surface area contributed by atoms with E-state index in [4.69, 9.17) is 14.2 Å². The van der Waals surface area contributed by atoms with Gasteiger partial charge in [0.2, 0.25) is 5.91 Å². The molecule has 0 radical (unpaired) electrons. The lowest BCUT2D eigenvalue weighted by Crippen LogP contribution is -2.45. The topological polar surface area (TPSA) is 90.0 Å². The predicted molar refractivity (Wildman–Crippen MR) is 121 cm³/mol. The van der Waals surface area contributed by atoms with Crippen LogP contribution >= 0.6 is 0 Å². The van der Waals surface area contributed by atoms with Gasteiger partial charge in [-0.3, -0.25) is 9.78 Å². The number of amides is 2. The molecule has 2 heterocycles. The average Bonchev–Trinajstić information content (AvgIpc) is 3.57. The zero-order valence-electron chi connectivity index (χ0n) is 19.8. The maximum Gasteiger partial charge on any atom is 0.407 e. The lowest BCUT2D eigenvalue weighted by molar-refractivity contribution is -0.121. The second-order valence-corrected chi connectivity index (χ2v) is 9.42. The van der Waals surface area contributed by atoms with E-state index < -0.39 is 40.3 Å². The van der Waals surface area contributed by atoms with Gasteiger partial charge in [-0.05, 0) is 50.8 Å². The third kappa shape index (κ3) is 4.12. The molecule has 2 aliphatic rings. The highest BCUT2D eigenvalue weighted by Gasteiger charge is 2.57. The molecule has 1 spiro atoms. The van der Waals surface area contributed by atoms with Crippen molar-refractivity contribution in [3.8, 4) is 11.5 Å². The zero-order valence-corrected chi connectivity index (χ0v) is 19.8. The van der Waals surface area contributed by atoms with Crippen LogP contribution in [0.15, 0.2) is 18.3 Å². The van der Waals surface area contributed by atoms with Gasteiger partial charge in [0.1, 0.15) is 11.3 Å². The number of carbonyl (C=O) groups is 2. The number of anilines is 1. The highest BCUT2D eigenvalue weighted by Crippen LogP contribution is 2.54. The van der Waals surface area contributed by atoms with Crippen LogP contribution in [-0.4, -0.2) is 36.8 Å². The fraction of sp³-hybridized carbons (Fsp3) is 0.458. The largest absolute Gasteiger partial charge is 0.493 e. The highest BCUT2D eigenvalue weighted by atomic mass is 19.1. The second-order valence-electron chi connectivity index (χ2n) is 9.42. The van der Waals surface area contributed by atoms with E-state index in [2.05, 4.69) is 10.3 Å². The number of carbonyl (C=O) groups excluding carboxylic acids is 2. The summed E-state index contributed by atoms with van der Waals surface area (Å²) in [6.45, 7) is 5.35. The summed E-state index contributed by atoms with van der Waals surface area (Å²) in [5, 5.41) is 2.65. The van der Waals surface area contributed by atoms with E-state index in [-0.39, 0.29) is 26.0 Å². The van der Waals surface area contributed by atoms with Gasteiger partial charge in [0.25, 0.3) is 0 Å². The molecule has 1 N–H and O–H groups in total. The summed E-state index contributed by atoms with van der Waals surface area (Å²) in [7, 11) is 2.51. The Balaban J connectivity index is 0.00000342. The molecule has 2 amide bonds. The molecular formula is C24H29F2N3O5. The highest BCUT2D eigenvalue weighted by molar-refractivity contribution is 6.05. The number of hydrogen-bond donors (Lipinski definition) is 1. The van der Waals surface area contributed by atoms with Crippen LogP contribution in [0.3, 0.4) is 0 Å². The quantitative estimate of drug-likeness (QED) is 0.693. The number of fused-ring (bicyclic) bond motifs is 2. The van der Waals surface area contributed by atoms with Crippen LogP contribution in [0.1, 0.15) is 51.9 Å². The SMILES string of the molecule is COc1cc(OC)c(F)c(N2Cc3cnc(CNC(=O)OC(C)(C)C)cc3C3(CC3)C2=O)c1F.[HH]. The summed E-state index contributed by atoms with van der Waals surface area (Å²) in [5.74, 6) is -2.79.